The molecule has 2 N–H and O–H groups in total. The molecule has 0 aliphatic rings. The highest BCUT2D eigenvalue weighted by molar-refractivity contribution is 5.96. The topological polar surface area (TPSA) is 84.5 Å². The zero-order chi connectivity index (χ0) is 16.5. The van der Waals surface area contributed by atoms with Gasteiger partial charge in [0.2, 0.25) is 0 Å². The molecule has 2 amide bonds. The van der Waals surface area contributed by atoms with Crippen LogP contribution in [0.3, 0.4) is 0 Å². The zero-order valence-corrected chi connectivity index (χ0v) is 13.1. The highest BCUT2D eigenvalue weighted by Gasteiger charge is 2.18. The van der Waals surface area contributed by atoms with E-state index >= 15 is 0 Å². The number of esters is 1. The predicted octanol–water partition coefficient (Wildman–Crippen LogP) is 1.12. The number of hydrogen-bond acceptors (Lipinski definition) is 4. The second-order valence-corrected chi connectivity index (χ2v) is 5.32. The largest absolute Gasteiger partial charge is 0.451 e. The van der Waals surface area contributed by atoms with Crippen LogP contribution >= 0.6 is 0 Å². The van der Waals surface area contributed by atoms with E-state index in [9.17, 15) is 14.4 Å². The minimum absolute atomic E-state index is 0.282. The first-order valence-corrected chi connectivity index (χ1v) is 7.20. The quantitative estimate of drug-likeness (QED) is 0.739. The van der Waals surface area contributed by atoms with Gasteiger partial charge in [0, 0.05) is 12.1 Å². The van der Waals surface area contributed by atoms with Gasteiger partial charge < -0.3 is 15.4 Å². The Balaban J connectivity index is 2.34. The average molecular weight is 306 g/mol. The van der Waals surface area contributed by atoms with Crippen molar-refractivity contribution in [1.29, 1.82) is 0 Å². The molecule has 0 heterocycles. The van der Waals surface area contributed by atoms with Gasteiger partial charge in [0.1, 0.15) is 6.54 Å². The number of hydrogen-bond donors (Lipinski definition) is 2. The van der Waals surface area contributed by atoms with Crippen molar-refractivity contribution in [2.45, 2.75) is 26.9 Å². The molecule has 22 heavy (non-hydrogen) atoms. The van der Waals surface area contributed by atoms with E-state index < -0.39 is 12.1 Å². The molecule has 1 atom stereocenters. The van der Waals surface area contributed by atoms with Gasteiger partial charge in [-0.2, -0.15) is 0 Å². The summed E-state index contributed by atoms with van der Waals surface area (Å²) < 4.78 is 4.97. The summed E-state index contributed by atoms with van der Waals surface area (Å²) in [5.74, 6) is -1.06. The lowest BCUT2D eigenvalue weighted by molar-refractivity contribution is -0.153. The van der Waals surface area contributed by atoms with Crippen LogP contribution in [-0.4, -0.2) is 37.0 Å². The third kappa shape index (κ3) is 6.39. The second kappa shape index (κ2) is 8.81. The van der Waals surface area contributed by atoms with Crippen LogP contribution < -0.4 is 10.6 Å². The van der Waals surface area contributed by atoms with Crippen LogP contribution in [0.4, 0.5) is 0 Å². The summed E-state index contributed by atoms with van der Waals surface area (Å²) in [5.41, 5.74) is 0.457. The molecule has 6 nitrogen and oxygen atoms in total. The van der Waals surface area contributed by atoms with Crippen molar-refractivity contribution < 1.29 is 19.1 Å². The Morgan fingerprint density at radius 1 is 1.05 bits per heavy atom. The molecule has 0 fully saturated rings. The molecule has 0 spiro atoms. The third-order valence-corrected chi connectivity index (χ3v) is 2.79. The minimum Gasteiger partial charge on any atom is -0.451 e. The molecular formula is C16H22N2O4. The molecule has 0 aliphatic heterocycles. The lowest BCUT2D eigenvalue weighted by atomic mass is 10.2. The van der Waals surface area contributed by atoms with Crippen molar-refractivity contribution in [2.24, 2.45) is 5.92 Å². The molecule has 1 rings (SSSR count). The number of ether oxygens (including phenoxy) is 1. The molecular weight excluding hydrogens is 284 g/mol. The Morgan fingerprint density at radius 3 is 2.27 bits per heavy atom. The maximum atomic E-state index is 11.7. The molecule has 120 valence electrons. The van der Waals surface area contributed by atoms with E-state index in [-0.39, 0.29) is 18.4 Å². The number of amides is 2. The fraction of sp³-hybridized carbons (Fsp3) is 0.438. The number of rotatable bonds is 7. The van der Waals surface area contributed by atoms with E-state index in [2.05, 4.69) is 10.6 Å². The van der Waals surface area contributed by atoms with Gasteiger partial charge in [-0.1, -0.05) is 32.0 Å². The summed E-state index contributed by atoms with van der Waals surface area (Å²) in [6, 6.07) is 8.54. The van der Waals surface area contributed by atoms with Crippen molar-refractivity contribution in [1.82, 2.24) is 10.6 Å². The van der Waals surface area contributed by atoms with E-state index in [0.29, 0.717) is 18.0 Å². The Morgan fingerprint density at radius 2 is 1.68 bits per heavy atom. The first kappa shape index (κ1) is 17.7. The lowest BCUT2D eigenvalue weighted by Crippen LogP contribution is -2.39. The van der Waals surface area contributed by atoms with Crippen LogP contribution in [0.1, 0.15) is 31.1 Å². The van der Waals surface area contributed by atoms with Crippen molar-refractivity contribution in [2.75, 3.05) is 13.1 Å². The van der Waals surface area contributed by atoms with Crippen LogP contribution in [0.2, 0.25) is 0 Å². The van der Waals surface area contributed by atoms with E-state index in [1.165, 1.54) is 6.92 Å². The van der Waals surface area contributed by atoms with Crippen LogP contribution in [0.5, 0.6) is 0 Å². The molecule has 0 aliphatic carbocycles. The zero-order valence-electron chi connectivity index (χ0n) is 13.1. The van der Waals surface area contributed by atoms with Gasteiger partial charge in [0.25, 0.3) is 11.8 Å². The standard InChI is InChI=1S/C16H22N2O4/c1-11(2)9-17-15(20)12(3)22-14(19)10-18-16(21)13-7-5-4-6-8-13/h4-8,11-12H,9-10H2,1-3H3,(H,17,20)(H,18,21). The van der Waals surface area contributed by atoms with Gasteiger partial charge in [0.05, 0.1) is 0 Å². The van der Waals surface area contributed by atoms with Gasteiger partial charge in [-0.05, 0) is 25.0 Å². The smallest absolute Gasteiger partial charge is 0.326 e. The van der Waals surface area contributed by atoms with Gasteiger partial charge in [-0.25, -0.2) is 0 Å². The SMILES string of the molecule is CC(C)CNC(=O)C(C)OC(=O)CNC(=O)c1ccccc1. The minimum atomic E-state index is -0.889. The van der Waals surface area contributed by atoms with Crippen molar-refractivity contribution in [3.63, 3.8) is 0 Å². The number of benzene rings is 1. The maximum absolute atomic E-state index is 11.7. The van der Waals surface area contributed by atoms with Crippen molar-refractivity contribution in [3.8, 4) is 0 Å². The monoisotopic (exact) mass is 306 g/mol. The van der Waals surface area contributed by atoms with Gasteiger partial charge in [0.15, 0.2) is 6.10 Å². The van der Waals surface area contributed by atoms with Gasteiger partial charge >= 0.3 is 5.97 Å². The molecule has 0 bridgehead atoms. The molecule has 0 radical (unpaired) electrons. The Bertz CT molecular complexity index is 514. The summed E-state index contributed by atoms with van der Waals surface area (Å²) in [5, 5.41) is 5.12. The third-order valence-electron chi connectivity index (χ3n) is 2.79. The van der Waals surface area contributed by atoms with E-state index in [1.54, 1.807) is 30.3 Å². The highest BCUT2D eigenvalue weighted by Crippen LogP contribution is 1.98. The Labute approximate surface area is 130 Å². The van der Waals surface area contributed by atoms with Gasteiger partial charge in [-0.15, -0.1) is 0 Å². The Kier molecular flexibility index (Phi) is 7.08. The van der Waals surface area contributed by atoms with Crippen molar-refractivity contribution in [3.05, 3.63) is 35.9 Å². The highest BCUT2D eigenvalue weighted by atomic mass is 16.5. The summed E-state index contributed by atoms with van der Waals surface area (Å²) in [4.78, 5) is 35.0. The fourth-order valence-corrected chi connectivity index (χ4v) is 1.58. The van der Waals surface area contributed by atoms with Crippen LogP contribution in [0, 0.1) is 5.92 Å². The number of nitrogens with one attached hydrogen (secondary N) is 2. The first-order chi connectivity index (χ1) is 10.4. The van der Waals surface area contributed by atoms with E-state index in [4.69, 9.17) is 4.74 Å². The normalized spacial score (nSPS) is 11.6. The summed E-state index contributed by atoms with van der Waals surface area (Å²) in [6.45, 7) is 5.67. The average Bonchev–Trinajstić information content (AvgIpc) is 2.50. The van der Waals surface area contributed by atoms with Crippen LogP contribution in [0.15, 0.2) is 30.3 Å². The van der Waals surface area contributed by atoms with E-state index in [0.717, 1.165) is 0 Å². The molecule has 0 aromatic heterocycles. The van der Waals surface area contributed by atoms with Crippen molar-refractivity contribution >= 4 is 17.8 Å². The predicted molar refractivity (Wildman–Crippen MR) is 82.2 cm³/mol. The van der Waals surface area contributed by atoms with E-state index in [1.807, 2.05) is 13.8 Å². The Hall–Kier alpha value is -2.37. The fourth-order valence-electron chi connectivity index (χ4n) is 1.58. The molecule has 0 saturated heterocycles. The summed E-state index contributed by atoms with van der Waals surface area (Å²) >= 11 is 0. The molecule has 1 unspecified atom stereocenters. The number of carbonyl (C=O) groups is 3. The molecule has 0 saturated carbocycles. The summed E-state index contributed by atoms with van der Waals surface area (Å²) in [7, 11) is 0. The van der Waals surface area contributed by atoms with Crippen LogP contribution in [0.25, 0.3) is 0 Å². The first-order valence-electron chi connectivity index (χ1n) is 7.20. The van der Waals surface area contributed by atoms with Gasteiger partial charge in [-0.3, -0.25) is 14.4 Å². The second-order valence-electron chi connectivity index (χ2n) is 5.32. The molecule has 6 heteroatoms. The number of carbonyl (C=O) groups excluding carboxylic acids is 3. The summed E-state index contributed by atoms with van der Waals surface area (Å²) in [6.07, 6.45) is -0.889. The van der Waals surface area contributed by atoms with Crippen LogP contribution in [-0.2, 0) is 14.3 Å². The molecule has 1 aromatic rings. The lowest BCUT2D eigenvalue weighted by Gasteiger charge is -2.14. The molecule has 1 aromatic carbocycles. The maximum Gasteiger partial charge on any atom is 0.326 e.